The highest BCUT2D eigenvalue weighted by Crippen LogP contribution is 2.41. The molecule has 1 aliphatic rings. The molecule has 0 fully saturated rings. The number of methoxy groups -OCH3 is 1. The smallest absolute Gasteiger partial charge is 0.407 e. The molecule has 3 heterocycles. The summed E-state index contributed by atoms with van der Waals surface area (Å²) in [6.07, 6.45) is 1.67. The fourth-order valence-electron chi connectivity index (χ4n) is 4.49. The molecule has 0 saturated carbocycles. The zero-order valence-corrected chi connectivity index (χ0v) is 21.2. The lowest BCUT2D eigenvalue weighted by atomic mass is 10.1. The van der Waals surface area contributed by atoms with Gasteiger partial charge < -0.3 is 19.5 Å². The summed E-state index contributed by atoms with van der Waals surface area (Å²) in [6.45, 7) is 2.62. The molecule has 1 N–H and O–H groups in total. The number of nitrogens with one attached hydrogen (secondary N) is 1. The lowest BCUT2D eigenvalue weighted by Gasteiger charge is -2.12. The lowest BCUT2D eigenvalue weighted by molar-refractivity contribution is 0.133. The molecule has 0 bridgehead atoms. The van der Waals surface area contributed by atoms with Gasteiger partial charge in [-0.05, 0) is 42.3 Å². The van der Waals surface area contributed by atoms with Gasteiger partial charge in [-0.15, -0.1) is 11.3 Å². The van der Waals surface area contributed by atoms with Gasteiger partial charge in [-0.25, -0.2) is 19.7 Å². The highest BCUT2D eigenvalue weighted by Gasteiger charge is 2.27. The van der Waals surface area contributed by atoms with Crippen molar-refractivity contribution in [1.82, 2.24) is 20.3 Å². The van der Waals surface area contributed by atoms with Crippen LogP contribution >= 0.6 is 11.3 Å². The van der Waals surface area contributed by atoms with Crippen molar-refractivity contribution in [2.24, 2.45) is 0 Å². The van der Waals surface area contributed by atoms with Crippen LogP contribution in [0.1, 0.15) is 16.7 Å². The first-order valence-electron chi connectivity index (χ1n) is 11.9. The van der Waals surface area contributed by atoms with E-state index < -0.39 is 6.09 Å². The fourth-order valence-corrected chi connectivity index (χ4v) is 5.62. The summed E-state index contributed by atoms with van der Waals surface area (Å²) in [7, 11) is 1.58. The van der Waals surface area contributed by atoms with Gasteiger partial charge in [-0.1, -0.05) is 30.3 Å². The van der Waals surface area contributed by atoms with Crippen molar-refractivity contribution >= 4 is 38.7 Å². The summed E-state index contributed by atoms with van der Waals surface area (Å²) >= 11 is 1.62. The molecule has 3 aromatic carbocycles. The molecule has 0 unspecified atom stereocenters. The van der Waals surface area contributed by atoms with E-state index in [4.69, 9.17) is 19.2 Å². The van der Waals surface area contributed by atoms with Gasteiger partial charge in [0.1, 0.15) is 23.5 Å². The number of aromatic nitrogens is 3. The maximum atomic E-state index is 12.2. The third-order valence-corrected chi connectivity index (χ3v) is 7.40. The standard InChI is InChI=1S/C28H24N4O4S/c1-16-10-20(25-22(11-16)31-24(34-2)14-29-25)27-32-21-8-9-23-19(26(21)37-27)12-18(36-23)13-30-28(33)35-15-17-6-4-3-5-7-17/h3-11,14,18H,12-13,15H2,1-2H3,(H,30,33)/t18-/m0/s1. The van der Waals surface area contributed by atoms with Crippen LogP contribution in [-0.4, -0.2) is 40.8 Å². The van der Waals surface area contributed by atoms with E-state index in [-0.39, 0.29) is 12.7 Å². The number of ether oxygens (including phenoxy) is 3. The second kappa shape index (κ2) is 9.67. The zero-order valence-electron chi connectivity index (χ0n) is 20.4. The zero-order chi connectivity index (χ0) is 25.4. The molecule has 0 saturated heterocycles. The van der Waals surface area contributed by atoms with Crippen molar-refractivity contribution in [3.05, 3.63) is 77.5 Å². The van der Waals surface area contributed by atoms with E-state index >= 15 is 0 Å². The van der Waals surface area contributed by atoms with Gasteiger partial charge in [0.25, 0.3) is 0 Å². The van der Waals surface area contributed by atoms with Crippen molar-refractivity contribution in [1.29, 1.82) is 0 Å². The van der Waals surface area contributed by atoms with Crippen LogP contribution in [0.4, 0.5) is 4.79 Å². The predicted molar refractivity (Wildman–Crippen MR) is 142 cm³/mol. The number of fused-ring (bicyclic) bond motifs is 4. The molecule has 8 nitrogen and oxygen atoms in total. The maximum Gasteiger partial charge on any atom is 0.407 e. The largest absolute Gasteiger partial charge is 0.488 e. The molecule has 1 amide bonds. The van der Waals surface area contributed by atoms with Gasteiger partial charge in [-0.2, -0.15) is 0 Å². The van der Waals surface area contributed by atoms with Crippen molar-refractivity contribution in [2.75, 3.05) is 13.7 Å². The first-order valence-corrected chi connectivity index (χ1v) is 12.7. The van der Waals surface area contributed by atoms with Gasteiger partial charge in [-0.3, -0.25) is 0 Å². The normalized spacial score (nSPS) is 14.4. The molecule has 1 atom stereocenters. The Morgan fingerprint density at radius 2 is 2.00 bits per heavy atom. The van der Waals surface area contributed by atoms with E-state index in [1.54, 1.807) is 24.6 Å². The number of alkyl carbamates (subject to hydrolysis) is 1. The van der Waals surface area contributed by atoms with Crippen molar-refractivity contribution in [3.63, 3.8) is 0 Å². The van der Waals surface area contributed by atoms with Crippen LogP contribution in [0, 0.1) is 6.92 Å². The summed E-state index contributed by atoms with van der Waals surface area (Å²) in [4.78, 5) is 26.3. The number of benzene rings is 3. The van der Waals surface area contributed by atoms with E-state index in [9.17, 15) is 4.79 Å². The van der Waals surface area contributed by atoms with Gasteiger partial charge >= 0.3 is 6.09 Å². The molecule has 0 radical (unpaired) electrons. The van der Waals surface area contributed by atoms with Crippen LogP contribution in [0.25, 0.3) is 31.8 Å². The number of carbonyl (C=O) groups is 1. The first kappa shape index (κ1) is 23.2. The van der Waals surface area contributed by atoms with Crippen LogP contribution in [0.15, 0.2) is 60.8 Å². The SMILES string of the molecule is COc1cnc2c(-c3nc4ccc5c(c4s3)C[C@@H](CNC(=O)OCc3ccccc3)O5)cc(C)cc2n1. The number of carbonyl (C=O) groups excluding carboxylic acids is 1. The molecule has 186 valence electrons. The minimum atomic E-state index is -0.460. The number of hydrogen-bond donors (Lipinski definition) is 1. The Labute approximate surface area is 217 Å². The third-order valence-electron chi connectivity index (χ3n) is 6.24. The van der Waals surface area contributed by atoms with Gasteiger partial charge in [0.2, 0.25) is 5.88 Å². The topological polar surface area (TPSA) is 95.5 Å². The molecule has 37 heavy (non-hydrogen) atoms. The second-order valence-electron chi connectivity index (χ2n) is 8.89. The first-order chi connectivity index (χ1) is 18.1. The van der Waals surface area contributed by atoms with E-state index in [0.29, 0.717) is 18.8 Å². The average molecular weight is 513 g/mol. The number of rotatable bonds is 6. The third kappa shape index (κ3) is 4.65. The molecular formula is C28H24N4O4S. The summed E-state index contributed by atoms with van der Waals surface area (Å²) in [5, 5.41) is 3.70. The summed E-state index contributed by atoms with van der Waals surface area (Å²) < 4.78 is 17.8. The molecule has 9 heteroatoms. The highest BCUT2D eigenvalue weighted by atomic mass is 32.1. The maximum absolute atomic E-state index is 12.2. The van der Waals surface area contributed by atoms with Crippen LogP contribution in [0.2, 0.25) is 0 Å². The Morgan fingerprint density at radius 1 is 1.14 bits per heavy atom. The molecular weight excluding hydrogens is 488 g/mol. The quantitative estimate of drug-likeness (QED) is 0.323. The lowest BCUT2D eigenvalue weighted by Crippen LogP contribution is -2.34. The van der Waals surface area contributed by atoms with Crippen molar-refractivity contribution < 1.29 is 19.0 Å². The minimum absolute atomic E-state index is 0.173. The average Bonchev–Trinajstić information content (AvgIpc) is 3.54. The van der Waals surface area contributed by atoms with Gasteiger partial charge in [0.15, 0.2) is 0 Å². The Kier molecular flexibility index (Phi) is 6.05. The highest BCUT2D eigenvalue weighted by molar-refractivity contribution is 7.22. The van der Waals surface area contributed by atoms with E-state index in [1.165, 1.54) is 0 Å². The Morgan fingerprint density at radius 3 is 2.84 bits per heavy atom. The monoisotopic (exact) mass is 512 g/mol. The van der Waals surface area contributed by atoms with E-state index in [0.717, 1.165) is 54.3 Å². The number of amides is 1. The Bertz CT molecular complexity index is 1620. The second-order valence-corrected chi connectivity index (χ2v) is 9.89. The minimum Gasteiger partial charge on any atom is -0.488 e. The molecule has 5 aromatic rings. The van der Waals surface area contributed by atoms with Crippen LogP contribution in [0.5, 0.6) is 11.6 Å². The number of hydrogen-bond acceptors (Lipinski definition) is 8. The molecule has 6 rings (SSSR count). The van der Waals surface area contributed by atoms with Crippen molar-refractivity contribution in [3.8, 4) is 22.2 Å². The van der Waals surface area contributed by atoms with Gasteiger partial charge in [0.05, 0.1) is 41.1 Å². The molecule has 0 aliphatic carbocycles. The van der Waals surface area contributed by atoms with Crippen LogP contribution in [0.3, 0.4) is 0 Å². The number of thiazole rings is 1. The molecule has 0 spiro atoms. The Balaban J connectivity index is 1.20. The van der Waals surface area contributed by atoms with Gasteiger partial charge in [0, 0.05) is 17.5 Å². The molecule has 2 aromatic heterocycles. The number of nitrogens with zero attached hydrogens (tertiary/aromatic N) is 3. The summed E-state index contributed by atoms with van der Waals surface area (Å²) in [5.74, 6) is 1.30. The molecule has 1 aliphatic heterocycles. The summed E-state index contributed by atoms with van der Waals surface area (Å²) in [5.41, 5.74) is 6.53. The van der Waals surface area contributed by atoms with Crippen molar-refractivity contribution in [2.45, 2.75) is 26.1 Å². The Hall–Kier alpha value is -4.24. The van der Waals surface area contributed by atoms with E-state index in [2.05, 4.69) is 21.4 Å². The number of aryl methyl sites for hydroxylation is 1. The van der Waals surface area contributed by atoms with Crippen LogP contribution in [-0.2, 0) is 17.8 Å². The summed E-state index contributed by atoms with van der Waals surface area (Å²) in [6, 6.07) is 17.6. The predicted octanol–water partition coefficient (Wildman–Crippen LogP) is 5.45. The fraction of sp³-hybridized carbons (Fsp3) is 0.214. The van der Waals surface area contributed by atoms with E-state index in [1.807, 2.05) is 55.5 Å². The van der Waals surface area contributed by atoms with Crippen LogP contribution < -0.4 is 14.8 Å².